The molecule has 15 heavy (non-hydrogen) atoms. The van der Waals surface area contributed by atoms with Gasteiger partial charge in [0, 0.05) is 13.0 Å². The Morgan fingerprint density at radius 3 is 2.53 bits per heavy atom. The summed E-state index contributed by atoms with van der Waals surface area (Å²) in [5, 5.41) is 3.11. The van der Waals surface area contributed by atoms with Crippen LogP contribution in [0.15, 0.2) is 36.4 Å². The van der Waals surface area contributed by atoms with Crippen molar-refractivity contribution in [2.45, 2.75) is 19.9 Å². The molecule has 0 heterocycles. The van der Waals surface area contributed by atoms with Gasteiger partial charge in [0.05, 0.1) is 6.61 Å². The van der Waals surface area contributed by atoms with Gasteiger partial charge < -0.3 is 10.1 Å². The van der Waals surface area contributed by atoms with E-state index in [4.69, 9.17) is 4.74 Å². The summed E-state index contributed by atoms with van der Waals surface area (Å²) in [6, 6.07) is 8.16. The topological polar surface area (TPSA) is 21.3 Å². The molecule has 2 nitrogen and oxygen atoms in total. The molecule has 0 spiro atoms. The first-order valence-electron chi connectivity index (χ1n) is 5.23. The van der Waals surface area contributed by atoms with Crippen LogP contribution in [0, 0.1) is 0 Å². The molecule has 1 aromatic carbocycles. The van der Waals surface area contributed by atoms with Crippen molar-refractivity contribution in [2.75, 3.05) is 13.7 Å². The lowest BCUT2D eigenvalue weighted by molar-refractivity contribution is 0.321. The Morgan fingerprint density at radius 2 is 2.00 bits per heavy atom. The lowest BCUT2D eigenvalue weighted by atomic mass is 10.2. The molecule has 0 fully saturated rings. The second-order valence-electron chi connectivity index (χ2n) is 3.73. The Balaban J connectivity index is 2.39. The fourth-order valence-corrected chi connectivity index (χ4v) is 1.25. The minimum Gasteiger partial charge on any atom is -0.493 e. The highest BCUT2D eigenvalue weighted by molar-refractivity contribution is 5.27. The fraction of sp³-hybridized carbons (Fsp3) is 0.385. The second kappa shape index (κ2) is 6.25. The van der Waals surface area contributed by atoms with Crippen molar-refractivity contribution >= 4 is 0 Å². The highest BCUT2D eigenvalue weighted by Crippen LogP contribution is 2.12. The van der Waals surface area contributed by atoms with Crippen LogP contribution in [0.4, 0.5) is 0 Å². The van der Waals surface area contributed by atoms with Crippen LogP contribution in [0.3, 0.4) is 0 Å². The van der Waals surface area contributed by atoms with E-state index in [0.29, 0.717) is 6.61 Å². The molecule has 0 radical (unpaired) electrons. The highest BCUT2D eigenvalue weighted by Gasteiger charge is 1.95. The van der Waals surface area contributed by atoms with E-state index >= 15 is 0 Å². The average molecular weight is 205 g/mol. The maximum atomic E-state index is 5.57. The third kappa shape index (κ3) is 4.66. The molecule has 0 saturated heterocycles. The number of nitrogens with one attached hydrogen (secondary N) is 1. The number of ether oxygens (including phenoxy) is 1. The maximum Gasteiger partial charge on any atom is 0.119 e. The minimum absolute atomic E-state index is 0.709. The molecule has 1 aromatic rings. The molecule has 1 N–H and O–H groups in total. The summed E-state index contributed by atoms with van der Waals surface area (Å²) in [4.78, 5) is 0. The van der Waals surface area contributed by atoms with Crippen LogP contribution in [0.25, 0.3) is 0 Å². The number of rotatable bonds is 6. The van der Waals surface area contributed by atoms with Crippen LogP contribution in [0.1, 0.15) is 18.9 Å². The summed E-state index contributed by atoms with van der Waals surface area (Å²) in [6.45, 7) is 7.45. The van der Waals surface area contributed by atoms with E-state index in [-0.39, 0.29) is 0 Å². The van der Waals surface area contributed by atoms with Crippen molar-refractivity contribution in [3.05, 3.63) is 42.0 Å². The lowest BCUT2D eigenvalue weighted by Gasteiger charge is -2.06. The SMILES string of the molecule is C=C(C)CCOc1ccc(CNC)cc1. The summed E-state index contributed by atoms with van der Waals surface area (Å²) in [5.41, 5.74) is 2.42. The maximum absolute atomic E-state index is 5.57. The van der Waals surface area contributed by atoms with E-state index in [2.05, 4.69) is 24.0 Å². The van der Waals surface area contributed by atoms with Gasteiger partial charge in [0.1, 0.15) is 5.75 Å². The normalized spacial score (nSPS) is 10.0. The molecule has 82 valence electrons. The highest BCUT2D eigenvalue weighted by atomic mass is 16.5. The van der Waals surface area contributed by atoms with Crippen LogP contribution in [-0.4, -0.2) is 13.7 Å². The van der Waals surface area contributed by atoms with E-state index in [1.807, 2.05) is 26.1 Å². The summed E-state index contributed by atoms with van der Waals surface area (Å²) < 4.78 is 5.57. The van der Waals surface area contributed by atoms with E-state index in [1.54, 1.807) is 0 Å². The smallest absolute Gasteiger partial charge is 0.119 e. The quantitative estimate of drug-likeness (QED) is 0.721. The van der Waals surface area contributed by atoms with Gasteiger partial charge in [-0.3, -0.25) is 0 Å². The first-order chi connectivity index (χ1) is 7.22. The summed E-state index contributed by atoms with van der Waals surface area (Å²) >= 11 is 0. The number of hydrogen-bond donors (Lipinski definition) is 1. The lowest BCUT2D eigenvalue weighted by Crippen LogP contribution is -2.04. The molecule has 0 unspecified atom stereocenters. The van der Waals surface area contributed by atoms with Crippen LogP contribution in [0.5, 0.6) is 5.75 Å². The molecule has 0 aliphatic carbocycles. The van der Waals surface area contributed by atoms with Crippen molar-refractivity contribution in [3.8, 4) is 5.75 Å². The van der Waals surface area contributed by atoms with Gasteiger partial charge in [-0.25, -0.2) is 0 Å². The fourth-order valence-electron chi connectivity index (χ4n) is 1.25. The molecule has 0 aliphatic rings. The monoisotopic (exact) mass is 205 g/mol. The largest absolute Gasteiger partial charge is 0.493 e. The molecule has 0 amide bonds. The van der Waals surface area contributed by atoms with Gasteiger partial charge in [0.2, 0.25) is 0 Å². The van der Waals surface area contributed by atoms with Crippen LogP contribution < -0.4 is 10.1 Å². The first-order valence-corrected chi connectivity index (χ1v) is 5.23. The van der Waals surface area contributed by atoms with Gasteiger partial charge in [0.25, 0.3) is 0 Å². The standard InChI is InChI=1S/C13H19NO/c1-11(2)8-9-15-13-6-4-12(5-7-13)10-14-3/h4-7,14H,1,8-10H2,2-3H3. The van der Waals surface area contributed by atoms with E-state index < -0.39 is 0 Å². The van der Waals surface area contributed by atoms with Gasteiger partial charge in [-0.05, 0) is 31.7 Å². The summed E-state index contributed by atoms with van der Waals surface area (Å²) in [7, 11) is 1.94. The molecule has 0 saturated carbocycles. The molecule has 0 aromatic heterocycles. The van der Waals surface area contributed by atoms with Crippen LogP contribution >= 0.6 is 0 Å². The molecule has 0 atom stereocenters. The molecule has 0 aliphatic heterocycles. The van der Waals surface area contributed by atoms with Crippen molar-refractivity contribution in [1.29, 1.82) is 0 Å². The number of benzene rings is 1. The summed E-state index contributed by atoms with van der Waals surface area (Å²) in [6.07, 6.45) is 0.915. The Bertz CT molecular complexity index is 303. The van der Waals surface area contributed by atoms with Gasteiger partial charge in [0.15, 0.2) is 0 Å². The third-order valence-corrected chi connectivity index (χ3v) is 2.10. The van der Waals surface area contributed by atoms with Crippen molar-refractivity contribution in [3.63, 3.8) is 0 Å². The van der Waals surface area contributed by atoms with E-state index in [0.717, 1.165) is 24.3 Å². The second-order valence-corrected chi connectivity index (χ2v) is 3.73. The Labute approximate surface area is 92.0 Å². The van der Waals surface area contributed by atoms with Crippen molar-refractivity contribution in [1.82, 2.24) is 5.32 Å². The van der Waals surface area contributed by atoms with Gasteiger partial charge in [-0.15, -0.1) is 6.58 Å². The predicted molar refractivity (Wildman–Crippen MR) is 64.1 cm³/mol. The molecule has 0 bridgehead atoms. The van der Waals surface area contributed by atoms with Crippen molar-refractivity contribution in [2.24, 2.45) is 0 Å². The van der Waals surface area contributed by atoms with Crippen LogP contribution in [0.2, 0.25) is 0 Å². The van der Waals surface area contributed by atoms with Gasteiger partial charge in [-0.2, -0.15) is 0 Å². The van der Waals surface area contributed by atoms with E-state index in [9.17, 15) is 0 Å². The first kappa shape index (κ1) is 11.8. The predicted octanol–water partition coefficient (Wildman–Crippen LogP) is 2.75. The molecular formula is C13H19NO. The zero-order chi connectivity index (χ0) is 11.1. The van der Waals surface area contributed by atoms with E-state index in [1.165, 1.54) is 5.56 Å². The van der Waals surface area contributed by atoms with Gasteiger partial charge >= 0.3 is 0 Å². The summed E-state index contributed by atoms with van der Waals surface area (Å²) in [5.74, 6) is 0.927. The Morgan fingerprint density at radius 1 is 1.33 bits per heavy atom. The van der Waals surface area contributed by atoms with Crippen molar-refractivity contribution < 1.29 is 4.74 Å². The molecule has 2 heteroatoms. The van der Waals surface area contributed by atoms with Gasteiger partial charge in [-0.1, -0.05) is 17.7 Å². The Kier molecular flexibility index (Phi) is 4.91. The average Bonchev–Trinajstić information content (AvgIpc) is 2.20. The molecule has 1 rings (SSSR count). The third-order valence-electron chi connectivity index (χ3n) is 2.10. The van der Waals surface area contributed by atoms with Crippen LogP contribution in [-0.2, 0) is 6.54 Å². The zero-order valence-electron chi connectivity index (χ0n) is 9.55. The minimum atomic E-state index is 0.709. The Hall–Kier alpha value is -1.28. The molecular weight excluding hydrogens is 186 g/mol. The zero-order valence-corrected chi connectivity index (χ0v) is 9.55. The number of hydrogen-bond acceptors (Lipinski definition) is 2.